The van der Waals surface area contributed by atoms with Crippen LogP contribution in [0.25, 0.3) is 88.8 Å². The van der Waals surface area contributed by atoms with Gasteiger partial charge in [-0.15, -0.1) is 0 Å². The molecule has 0 unspecified atom stereocenters. The molecular formula is C56H33N3. The normalized spacial score (nSPS) is 12.9. The molecule has 0 fully saturated rings. The third kappa shape index (κ3) is 5.00. The van der Waals surface area contributed by atoms with Crippen LogP contribution in [0.3, 0.4) is 0 Å². The average molecular weight is 748 g/mol. The average Bonchev–Trinajstić information content (AvgIpc) is 3.77. The molecule has 2 aliphatic rings. The van der Waals surface area contributed by atoms with Crippen molar-refractivity contribution < 1.29 is 0 Å². The molecule has 3 nitrogen and oxygen atoms in total. The molecule has 0 radical (unpaired) electrons. The quantitative estimate of drug-likeness (QED) is 0.180. The number of fused-ring (bicyclic) bond motifs is 12. The minimum Gasteiger partial charge on any atom is -0.228 e. The van der Waals surface area contributed by atoms with Crippen molar-refractivity contribution in [1.29, 1.82) is 5.26 Å². The molecule has 0 saturated carbocycles. The molecule has 10 aromatic rings. The first-order chi connectivity index (χ1) is 29.2. The van der Waals surface area contributed by atoms with Crippen molar-refractivity contribution in [1.82, 2.24) is 9.97 Å². The summed E-state index contributed by atoms with van der Waals surface area (Å²) in [6, 6.07) is 73.8. The lowest BCUT2D eigenvalue weighted by molar-refractivity contribution is 0.793. The second-order valence-electron chi connectivity index (χ2n) is 15.6. The lowest BCUT2D eigenvalue weighted by Gasteiger charge is -2.30. The molecular weight excluding hydrogens is 715 g/mol. The van der Waals surface area contributed by atoms with E-state index in [0.29, 0.717) is 11.4 Å². The van der Waals surface area contributed by atoms with Crippen LogP contribution >= 0.6 is 0 Å². The molecule has 272 valence electrons. The van der Waals surface area contributed by atoms with E-state index in [-0.39, 0.29) is 0 Å². The highest BCUT2D eigenvalue weighted by molar-refractivity contribution is 5.97. The van der Waals surface area contributed by atoms with Gasteiger partial charge >= 0.3 is 0 Å². The van der Waals surface area contributed by atoms with E-state index in [1.165, 1.54) is 60.7 Å². The maximum Gasteiger partial charge on any atom is 0.160 e. The molecule has 59 heavy (non-hydrogen) atoms. The maximum atomic E-state index is 10.1. The first-order valence-corrected chi connectivity index (χ1v) is 20.0. The summed E-state index contributed by atoms with van der Waals surface area (Å²) in [7, 11) is 0. The lowest BCUT2D eigenvalue weighted by Crippen LogP contribution is -2.25. The first kappa shape index (κ1) is 33.2. The summed E-state index contributed by atoms with van der Waals surface area (Å²) in [5, 5.41) is 14.8. The van der Waals surface area contributed by atoms with E-state index < -0.39 is 5.41 Å². The zero-order chi connectivity index (χ0) is 39.1. The topological polar surface area (TPSA) is 49.6 Å². The number of benzene rings is 9. The zero-order valence-corrected chi connectivity index (χ0v) is 31.9. The first-order valence-electron chi connectivity index (χ1n) is 20.0. The second kappa shape index (κ2) is 12.8. The highest BCUT2D eigenvalue weighted by Crippen LogP contribution is 2.63. The number of nitrogens with zero attached hydrogens (tertiary/aromatic N) is 3. The van der Waals surface area contributed by atoms with Crippen molar-refractivity contribution in [2.45, 2.75) is 5.41 Å². The Morgan fingerprint density at radius 1 is 0.339 bits per heavy atom. The molecule has 0 bridgehead atoms. The summed E-state index contributed by atoms with van der Waals surface area (Å²) in [6.07, 6.45) is 0. The summed E-state index contributed by atoms with van der Waals surface area (Å²) in [6.45, 7) is 0. The maximum absolute atomic E-state index is 10.1. The van der Waals surface area contributed by atoms with Gasteiger partial charge < -0.3 is 0 Å². The Morgan fingerprint density at radius 2 is 0.864 bits per heavy atom. The van der Waals surface area contributed by atoms with Crippen LogP contribution in [0.4, 0.5) is 0 Å². The van der Waals surface area contributed by atoms with Gasteiger partial charge in [0.15, 0.2) is 5.82 Å². The molecule has 3 heteroatoms. The molecule has 2 aliphatic carbocycles. The van der Waals surface area contributed by atoms with Gasteiger partial charge in [0.25, 0.3) is 0 Å². The number of rotatable bonds is 4. The Balaban J connectivity index is 1.02. The van der Waals surface area contributed by atoms with E-state index in [2.05, 4.69) is 200 Å². The summed E-state index contributed by atoms with van der Waals surface area (Å²) in [5.74, 6) is 0.690. The van der Waals surface area contributed by atoms with Gasteiger partial charge in [0, 0.05) is 16.7 Å². The predicted octanol–water partition coefficient (Wildman–Crippen LogP) is 13.7. The minimum absolute atomic E-state index is 0.510. The van der Waals surface area contributed by atoms with Crippen LogP contribution in [0.1, 0.15) is 27.8 Å². The third-order valence-corrected chi connectivity index (χ3v) is 12.5. The smallest absolute Gasteiger partial charge is 0.160 e. The summed E-state index contributed by atoms with van der Waals surface area (Å²) in [4.78, 5) is 10.5. The van der Waals surface area contributed by atoms with Crippen molar-refractivity contribution >= 4 is 21.5 Å². The van der Waals surface area contributed by atoms with Gasteiger partial charge in [0.2, 0.25) is 0 Å². The van der Waals surface area contributed by atoms with Gasteiger partial charge in [-0.25, -0.2) is 9.97 Å². The van der Waals surface area contributed by atoms with Crippen molar-refractivity contribution in [3.63, 3.8) is 0 Å². The minimum atomic E-state index is -0.510. The van der Waals surface area contributed by atoms with Gasteiger partial charge in [-0.2, -0.15) is 5.26 Å². The van der Waals surface area contributed by atoms with E-state index in [1.807, 2.05) is 6.07 Å². The van der Waals surface area contributed by atoms with Crippen molar-refractivity contribution in [2.75, 3.05) is 0 Å². The van der Waals surface area contributed by atoms with E-state index in [0.717, 1.165) is 44.6 Å². The number of nitriles is 1. The molecule has 1 heterocycles. The highest BCUT2D eigenvalue weighted by atomic mass is 14.9. The van der Waals surface area contributed by atoms with Crippen LogP contribution in [-0.2, 0) is 5.41 Å². The van der Waals surface area contributed by atoms with Crippen LogP contribution in [0.5, 0.6) is 0 Å². The van der Waals surface area contributed by atoms with Gasteiger partial charge in [-0.1, -0.05) is 158 Å². The zero-order valence-electron chi connectivity index (χ0n) is 31.9. The van der Waals surface area contributed by atoms with Crippen LogP contribution in [0.2, 0.25) is 0 Å². The molecule has 1 spiro atoms. The van der Waals surface area contributed by atoms with E-state index in [4.69, 9.17) is 9.97 Å². The molecule has 1 aromatic heterocycles. The monoisotopic (exact) mass is 747 g/mol. The van der Waals surface area contributed by atoms with Gasteiger partial charge in [0.05, 0.1) is 28.4 Å². The molecule has 0 N–H and O–H groups in total. The van der Waals surface area contributed by atoms with Crippen LogP contribution < -0.4 is 0 Å². The fraction of sp³-hybridized carbons (Fsp3) is 0.0179. The summed E-state index contributed by atoms with van der Waals surface area (Å²) >= 11 is 0. The largest absolute Gasteiger partial charge is 0.228 e. The van der Waals surface area contributed by atoms with Crippen LogP contribution in [0, 0.1) is 11.3 Å². The SMILES string of the molecule is N#Cc1ccc2c(c1)C1(c3ccccc3-c3ccccc31)c1ccc(-c3cccc(-c4cc(-c5ccc6ccccc6c5)nc(-c5ccc6ccccc6c5)n4)c3)cc1-2. The molecule has 0 atom stereocenters. The Kier molecular flexibility index (Phi) is 7.21. The summed E-state index contributed by atoms with van der Waals surface area (Å²) < 4.78 is 0. The molecule has 9 aromatic carbocycles. The Morgan fingerprint density at radius 3 is 1.56 bits per heavy atom. The lowest BCUT2D eigenvalue weighted by atomic mass is 9.70. The highest BCUT2D eigenvalue weighted by Gasteiger charge is 2.51. The van der Waals surface area contributed by atoms with Crippen LogP contribution in [0.15, 0.2) is 200 Å². The van der Waals surface area contributed by atoms with Crippen molar-refractivity contribution in [2.24, 2.45) is 0 Å². The third-order valence-electron chi connectivity index (χ3n) is 12.5. The molecule has 0 aliphatic heterocycles. The number of hydrogen-bond acceptors (Lipinski definition) is 3. The Bertz CT molecular complexity index is 3280. The number of hydrogen-bond donors (Lipinski definition) is 0. The fourth-order valence-electron chi connectivity index (χ4n) is 9.80. The summed E-state index contributed by atoms with van der Waals surface area (Å²) in [5.41, 5.74) is 17.0. The van der Waals surface area contributed by atoms with E-state index >= 15 is 0 Å². The Hall–Kier alpha value is -7.93. The van der Waals surface area contributed by atoms with Gasteiger partial charge in [-0.3, -0.25) is 0 Å². The van der Waals surface area contributed by atoms with Gasteiger partial charge in [0.1, 0.15) is 0 Å². The molecule has 12 rings (SSSR count). The second-order valence-corrected chi connectivity index (χ2v) is 15.6. The predicted molar refractivity (Wildman–Crippen MR) is 240 cm³/mol. The van der Waals surface area contributed by atoms with E-state index in [1.54, 1.807) is 0 Å². The fourth-order valence-corrected chi connectivity index (χ4v) is 9.80. The van der Waals surface area contributed by atoms with Gasteiger partial charge in [-0.05, 0) is 120 Å². The molecule has 0 amide bonds. The molecule has 0 saturated heterocycles. The standard InChI is InChI=1S/C56H33N3/c57-34-35-20-26-47-48-32-41(25-27-51(48)56(52(47)28-35)49-18-7-5-16-45(49)46-17-6-8-19-50(46)56)40-14-9-15-42(30-40)53-33-54(43-23-21-36-10-1-3-12-38(36)29-43)59-55(58-53)44-24-22-37-11-2-4-13-39(37)31-44/h1-33H. The Labute approximate surface area is 342 Å². The van der Waals surface area contributed by atoms with Crippen molar-refractivity contribution in [3.8, 4) is 73.4 Å². The van der Waals surface area contributed by atoms with Crippen molar-refractivity contribution in [3.05, 3.63) is 228 Å². The van der Waals surface area contributed by atoms with Crippen LogP contribution in [-0.4, -0.2) is 9.97 Å². The number of aromatic nitrogens is 2. The van der Waals surface area contributed by atoms with E-state index in [9.17, 15) is 5.26 Å².